The molecular formula is C22H28FN3O2. The molecule has 5 nitrogen and oxygen atoms in total. The molecular weight excluding hydrogens is 357 g/mol. The van der Waals surface area contributed by atoms with E-state index < -0.39 is 17.8 Å². The third kappa shape index (κ3) is 6.08. The number of carbonyl (C=O) groups is 2. The smallest absolute Gasteiger partial charge is 0.254 e. The van der Waals surface area contributed by atoms with Crippen LogP contribution in [0, 0.1) is 11.7 Å². The number of nitrogens with one attached hydrogen (secondary N) is 2. The van der Waals surface area contributed by atoms with E-state index in [1.54, 1.807) is 6.07 Å². The van der Waals surface area contributed by atoms with Crippen LogP contribution in [0.3, 0.4) is 0 Å². The SMILES string of the molecule is CC(C)C(NC(=O)c1ccccc1F)C(=O)NCCCN(C)c1ccccc1. The molecule has 6 heteroatoms. The molecule has 2 rings (SSSR count). The minimum atomic E-state index is -0.723. The van der Waals surface area contributed by atoms with Crippen molar-refractivity contribution < 1.29 is 14.0 Å². The summed E-state index contributed by atoms with van der Waals surface area (Å²) in [7, 11) is 2.00. The van der Waals surface area contributed by atoms with E-state index in [0.717, 1.165) is 18.7 Å². The number of nitrogens with zero attached hydrogens (tertiary/aromatic N) is 1. The molecule has 2 N–H and O–H groups in total. The highest BCUT2D eigenvalue weighted by atomic mass is 19.1. The highest BCUT2D eigenvalue weighted by Gasteiger charge is 2.25. The quantitative estimate of drug-likeness (QED) is 0.652. The van der Waals surface area contributed by atoms with Gasteiger partial charge in [-0.05, 0) is 36.6 Å². The van der Waals surface area contributed by atoms with Crippen LogP contribution in [0.5, 0.6) is 0 Å². The average Bonchev–Trinajstić information content (AvgIpc) is 2.69. The third-order valence-electron chi connectivity index (χ3n) is 4.52. The zero-order valence-electron chi connectivity index (χ0n) is 16.6. The van der Waals surface area contributed by atoms with Gasteiger partial charge in [0.05, 0.1) is 5.56 Å². The van der Waals surface area contributed by atoms with Crippen molar-refractivity contribution in [2.24, 2.45) is 5.92 Å². The van der Waals surface area contributed by atoms with Crippen LogP contribution in [-0.2, 0) is 4.79 Å². The molecule has 150 valence electrons. The van der Waals surface area contributed by atoms with Crippen LogP contribution < -0.4 is 15.5 Å². The molecule has 0 saturated heterocycles. The third-order valence-corrected chi connectivity index (χ3v) is 4.52. The fraction of sp³-hybridized carbons (Fsp3) is 0.364. The Bertz CT molecular complexity index is 780. The first-order valence-electron chi connectivity index (χ1n) is 9.49. The molecule has 0 aliphatic rings. The Hall–Kier alpha value is -2.89. The first kappa shape index (κ1) is 21.4. The van der Waals surface area contributed by atoms with E-state index in [4.69, 9.17) is 0 Å². The molecule has 0 bridgehead atoms. The van der Waals surface area contributed by atoms with Gasteiger partial charge in [-0.3, -0.25) is 9.59 Å². The summed E-state index contributed by atoms with van der Waals surface area (Å²) in [5.41, 5.74) is 1.05. The molecule has 0 aliphatic heterocycles. The largest absolute Gasteiger partial charge is 0.375 e. The van der Waals surface area contributed by atoms with Gasteiger partial charge in [-0.25, -0.2) is 4.39 Å². The van der Waals surface area contributed by atoms with Gasteiger partial charge in [-0.2, -0.15) is 0 Å². The van der Waals surface area contributed by atoms with E-state index in [-0.39, 0.29) is 17.4 Å². The Morgan fingerprint density at radius 3 is 2.32 bits per heavy atom. The molecule has 2 amide bonds. The first-order chi connectivity index (χ1) is 13.4. The highest BCUT2D eigenvalue weighted by molar-refractivity contribution is 5.97. The van der Waals surface area contributed by atoms with Crippen LogP contribution in [-0.4, -0.2) is 38.0 Å². The standard InChI is InChI=1S/C22H28FN3O2/c1-16(2)20(25-21(27)18-12-7-8-13-19(18)23)22(28)24-14-9-15-26(3)17-10-5-4-6-11-17/h4-8,10-13,16,20H,9,14-15H2,1-3H3,(H,24,28)(H,25,27). The second kappa shape index (κ2) is 10.4. The van der Waals surface area contributed by atoms with Crippen molar-refractivity contribution in [1.82, 2.24) is 10.6 Å². The van der Waals surface area contributed by atoms with Gasteiger partial charge in [0, 0.05) is 25.8 Å². The zero-order chi connectivity index (χ0) is 20.5. The number of rotatable bonds is 9. The summed E-state index contributed by atoms with van der Waals surface area (Å²) in [5, 5.41) is 5.52. The van der Waals surface area contributed by atoms with Crippen LogP contribution in [0.2, 0.25) is 0 Å². The Kier molecular flexibility index (Phi) is 7.99. The van der Waals surface area contributed by atoms with Gasteiger partial charge < -0.3 is 15.5 Å². The lowest BCUT2D eigenvalue weighted by atomic mass is 10.0. The normalized spacial score (nSPS) is 11.8. The average molecular weight is 385 g/mol. The number of benzene rings is 2. The van der Waals surface area contributed by atoms with Gasteiger partial charge in [0.25, 0.3) is 5.91 Å². The predicted octanol–water partition coefficient (Wildman–Crippen LogP) is 3.22. The maximum Gasteiger partial charge on any atom is 0.254 e. The second-order valence-corrected chi connectivity index (χ2v) is 7.08. The summed E-state index contributed by atoms with van der Waals surface area (Å²) in [6.45, 7) is 4.97. The van der Waals surface area contributed by atoms with Gasteiger partial charge in [0.1, 0.15) is 11.9 Å². The second-order valence-electron chi connectivity index (χ2n) is 7.08. The highest BCUT2D eigenvalue weighted by Crippen LogP contribution is 2.11. The van der Waals surface area contributed by atoms with Crippen molar-refractivity contribution >= 4 is 17.5 Å². The van der Waals surface area contributed by atoms with Crippen molar-refractivity contribution in [3.05, 3.63) is 66.0 Å². The number of halogens is 1. The van der Waals surface area contributed by atoms with Gasteiger partial charge in [-0.1, -0.05) is 44.2 Å². The van der Waals surface area contributed by atoms with Crippen molar-refractivity contribution in [3.8, 4) is 0 Å². The van der Waals surface area contributed by atoms with Crippen molar-refractivity contribution in [1.29, 1.82) is 0 Å². The predicted molar refractivity (Wildman–Crippen MR) is 110 cm³/mol. The topological polar surface area (TPSA) is 61.4 Å². The van der Waals surface area contributed by atoms with Crippen molar-refractivity contribution in [3.63, 3.8) is 0 Å². The number of para-hydroxylation sites is 1. The fourth-order valence-corrected chi connectivity index (χ4v) is 2.85. The molecule has 0 aromatic heterocycles. The summed E-state index contributed by atoms with van der Waals surface area (Å²) in [6, 6.07) is 15.0. The minimum Gasteiger partial charge on any atom is -0.375 e. The van der Waals surface area contributed by atoms with Gasteiger partial charge in [0.2, 0.25) is 5.91 Å². The molecule has 1 atom stereocenters. The summed E-state index contributed by atoms with van der Waals surface area (Å²) < 4.78 is 13.8. The molecule has 0 saturated carbocycles. The number of anilines is 1. The molecule has 2 aromatic rings. The zero-order valence-corrected chi connectivity index (χ0v) is 16.6. The molecule has 1 unspecified atom stereocenters. The van der Waals surface area contributed by atoms with E-state index in [0.29, 0.717) is 6.54 Å². The lowest BCUT2D eigenvalue weighted by Crippen LogP contribution is -2.50. The Labute approximate surface area is 165 Å². The maximum atomic E-state index is 13.8. The Morgan fingerprint density at radius 2 is 1.68 bits per heavy atom. The van der Waals surface area contributed by atoms with Crippen LogP contribution in [0.15, 0.2) is 54.6 Å². The lowest BCUT2D eigenvalue weighted by molar-refractivity contribution is -0.123. The van der Waals surface area contributed by atoms with Gasteiger partial charge >= 0.3 is 0 Å². The molecule has 0 radical (unpaired) electrons. The van der Waals surface area contributed by atoms with Gasteiger partial charge in [0.15, 0.2) is 0 Å². The number of carbonyl (C=O) groups excluding carboxylic acids is 2. The first-order valence-corrected chi connectivity index (χ1v) is 9.49. The van der Waals surface area contributed by atoms with E-state index >= 15 is 0 Å². The van der Waals surface area contributed by atoms with E-state index in [9.17, 15) is 14.0 Å². The summed E-state index contributed by atoms with van der Waals surface area (Å²) in [5.74, 6) is -1.58. The molecule has 0 heterocycles. The Morgan fingerprint density at radius 1 is 1.04 bits per heavy atom. The minimum absolute atomic E-state index is 0.0644. The lowest BCUT2D eigenvalue weighted by Gasteiger charge is -2.23. The van der Waals surface area contributed by atoms with Crippen LogP contribution in [0.25, 0.3) is 0 Å². The van der Waals surface area contributed by atoms with Gasteiger partial charge in [-0.15, -0.1) is 0 Å². The number of amides is 2. The molecule has 2 aromatic carbocycles. The van der Waals surface area contributed by atoms with E-state index in [2.05, 4.69) is 15.5 Å². The van der Waals surface area contributed by atoms with E-state index in [1.165, 1.54) is 18.2 Å². The molecule has 0 fully saturated rings. The fourth-order valence-electron chi connectivity index (χ4n) is 2.85. The maximum absolute atomic E-state index is 13.8. The monoisotopic (exact) mass is 385 g/mol. The summed E-state index contributed by atoms with van der Waals surface area (Å²) in [4.78, 5) is 27.0. The van der Waals surface area contributed by atoms with Crippen molar-refractivity contribution in [2.45, 2.75) is 26.3 Å². The molecule has 0 spiro atoms. The summed E-state index contributed by atoms with van der Waals surface area (Å²) >= 11 is 0. The van der Waals surface area contributed by atoms with Crippen molar-refractivity contribution in [2.75, 3.05) is 25.0 Å². The number of hydrogen-bond donors (Lipinski definition) is 2. The molecule has 0 aliphatic carbocycles. The molecule has 28 heavy (non-hydrogen) atoms. The van der Waals surface area contributed by atoms with Crippen LogP contribution >= 0.6 is 0 Å². The van der Waals surface area contributed by atoms with E-state index in [1.807, 2.05) is 51.2 Å². The number of hydrogen-bond acceptors (Lipinski definition) is 3. The Balaban J connectivity index is 1.84. The van der Waals surface area contributed by atoms with Crippen LogP contribution in [0.4, 0.5) is 10.1 Å². The van der Waals surface area contributed by atoms with Crippen LogP contribution in [0.1, 0.15) is 30.6 Å². The summed E-state index contributed by atoms with van der Waals surface area (Å²) in [6.07, 6.45) is 0.767.